The summed E-state index contributed by atoms with van der Waals surface area (Å²) in [5.74, 6) is 0.124. The van der Waals surface area contributed by atoms with Gasteiger partial charge in [0.1, 0.15) is 11.5 Å². The van der Waals surface area contributed by atoms with Crippen LogP contribution in [-0.2, 0) is 0 Å². The average molecular weight is 284 g/mol. The second-order valence-corrected chi connectivity index (χ2v) is 4.78. The van der Waals surface area contributed by atoms with Crippen molar-refractivity contribution in [3.05, 3.63) is 34.7 Å². The molecule has 0 atom stereocenters. The predicted molar refractivity (Wildman–Crippen MR) is 72.2 cm³/mol. The molecule has 0 spiro atoms. The number of ether oxygens (including phenoxy) is 1. The first-order chi connectivity index (χ1) is 9.04. The van der Waals surface area contributed by atoms with Gasteiger partial charge in [0.2, 0.25) is 5.89 Å². The Kier molecular flexibility index (Phi) is 4.10. The fraction of sp³-hybridized carbons (Fsp3) is 0.357. The molecule has 0 saturated heterocycles. The Bertz CT molecular complexity index is 561. The molecule has 0 amide bonds. The molecule has 0 radical (unpaired) electrons. The summed E-state index contributed by atoms with van der Waals surface area (Å²) >= 11 is 6.00. The molecular weight excluding hydrogens is 269 g/mol. The molecule has 0 aliphatic rings. The molecular formula is C14H15ClFNO2. The first-order valence-corrected chi connectivity index (χ1v) is 6.50. The van der Waals surface area contributed by atoms with Crippen molar-refractivity contribution >= 4 is 11.6 Å². The minimum Gasteiger partial charge on any atom is -0.464 e. The third-order valence-electron chi connectivity index (χ3n) is 2.62. The summed E-state index contributed by atoms with van der Waals surface area (Å²) in [6.45, 7) is 6.24. The molecule has 1 heterocycles. The Morgan fingerprint density at radius 2 is 2.16 bits per heavy atom. The minimum absolute atomic E-state index is 0.115. The number of rotatable bonds is 4. The molecule has 2 rings (SSSR count). The monoisotopic (exact) mass is 283 g/mol. The standard InChI is InChI=1S/C14H15ClFNO2/c1-4-18-14-12(8(2)3)17-13(19-14)11-9(15)6-5-7-10(11)16/h5-8H,4H2,1-3H3. The van der Waals surface area contributed by atoms with Crippen LogP contribution in [0.15, 0.2) is 22.6 Å². The van der Waals surface area contributed by atoms with E-state index in [0.29, 0.717) is 18.2 Å². The van der Waals surface area contributed by atoms with Crippen molar-refractivity contribution in [2.24, 2.45) is 0 Å². The summed E-state index contributed by atoms with van der Waals surface area (Å²) in [7, 11) is 0. The van der Waals surface area contributed by atoms with Crippen molar-refractivity contribution in [1.29, 1.82) is 0 Å². The molecule has 3 nitrogen and oxygen atoms in total. The number of benzene rings is 1. The van der Waals surface area contributed by atoms with Gasteiger partial charge in [0, 0.05) is 5.92 Å². The molecule has 0 fully saturated rings. The van der Waals surface area contributed by atoms with Crippen molar-refractivity contribution in [3.63, 3.8) is 0 Å². The number of hydrogen-bond acceptors (Lipinski definition) is 3. The van der Waals surface area contributed by atoms with Crippen LogP contribution in [-0.4, -0.2) is 11.6 Å². The van der Waals surface area contributed by atoms with Crippen molar-refractivity contribution in [3.8, 4) is 17.4 Å². The lowest BCUT2D eigenvalue weighted by Gasteiger charge is -2.02. The number of halogens is 2. The Morgan fingerprint density at radius 3 is 2.74 bits per heavy atom. The van der Waals surface area contributed by atoms with E-state index in [-0.39, 0.29) is 22.4 Å². The molecule has 5 heteroatoms. The molecule has 2 aromatic rings. The molecule has 0 bridgehead atoms. The number of aromatic nitrogens is 1. The lowest BCUT2D eigenvalue weighted by molar-refractivity contribution is 0.256. The van der Waals surface area contributed by atoms with E-state index in [0.717, 1.165) is 0 Å². The van der Waals surface area contributed by atoms with E-state index in [1.807, 2.05) is 20.8 Å². The molecule has 0 N–H and O–H groups in total. The van der Waals surface area contributed by atoms with Gasteiger partial charge in [-0.15, -0.1) is 0 Å². The smallest absolute Gasteiger partial charge is 0.309 e. The molecule has 1 aromatic carbocycles. The molecule has 0 aliphatic heterocycles. The van der Waals surface area contributed by atoms with E-state index < -0.39 is 5.82 Å². The first kappa shape index (κ1) is 13.9. The molecule has 0 saturated carbocycles. The largest absolute Gasteiger partial charge is 0.464 e. The van der Waals surface area contributed by atoms with Crippen LogP contribution in [0.3, 0.4) is 0 Å². The highest BCUT2D eigenvalue weighted by Gasteiger charge is 2.22. The van der Waals surface area contributed by atoms with Gasteiger partial charge in [0.25, 0.3) is 0 Å². The third kappa shape index (κ3) is 2.73. The van der Waals surface area contributed by atoms with Crippen LogP contribution in [0.4, 0.5) is 4.39 Å². The van der Waals surface area contributed by atoms with Crippen molar-refractivity contribution in [1.82, 2.24) is 4.98 Å². The lowest BCUT2D eigenvalue weighted by atomic mass is 10.1. The summed E-state index contributed by atoms with van der Waals surface area (Å²) in [5, 5.41) is 0.264. The van der Waals surface area contributed by atoms with Gasteiger partial charge >= 0.3 is 5.95 Å². The van der Waals surface area contributed by atoms with Crippen molar-refractivity contribution < 1.29 is 13.5 Å². The molecule has 0 aliphatic carbocycles. The maximum Gasteiger partial charge on any atom is 0.309 e. The fourth-order valence-corrected chi connectivity index (χ4v) is 1.97. The van der Waals surface area contributed by atoms with Gasteiger partial charge in [-0.05, 0) is 19.1 Å². The number of oxazole rings is 1. The summed E-state index contributed by atoms with van der Waals surface area (Å²) in [4.78, 5) is 4.30. The quantitative estimate of drug-likeness (QED) is 0.819. The Labute approximate surface area is 116 Å². The van der Waals surface area contributed by atoms with Crippen LogP contribution in [0.5, 0.6) is 5.95 Å². The maximum atomic E-state index is 13.8. The molecule has 1 aromatic heterocycles. The van der Waals surface area contributed by atoms with Crippen molar-refractivity contribution in [2.75, 3.05) is 6.61 Å². The Balaban J connectivity index is 2.54. The predicted octanol–water partition coefficient (Wildman–Crippen LogP) is 4.66. The van der Waals surface area contributed by atoms with Crippen LogP contribution in [0.1, 0.15) is 32.4 Å². The van der Waals surface area contributed by atoms with E-state index in [4.69, 9.17) is 20.8 Å². The molecule has 102 valence electrons. The lowest BCUT2D eigenvalue weighted by Crippen LogP contribution is -1.96. The van der Waals surface area contributed by atoms with E-state index in [9.17, 15) is 4.39 Å². The number of hydrogen-bond donors (Lipinski definition) is 0. The van der Waals surface area contributed by atoms with E-state index in [1.54, 1.807) is 6.07 Å². The van der Waals surface area contributed by atoms with Gasteiger partial charge in [0.05, 0.1) is 17.2 Å². The van der Waals surface area contributed by atoms with Crippen molar-refractivity contribution in [2.45, 2.75) is 26.7 Å². The fourth-order valence-electron chi connectivity index (χ4n) is 1.73. The molecule has 19 heavy (non-hydrogen) atoms. The van der Waals surface area contributed by atoms with Crippen LogP contribution >= 0.6 is 11.6 Å². The van der Waals surface area contributed by atoms with Gasteiger partial charge in [-0.1, -0.05) is 31.5 Å². The zero-order valence-corrected chi connectivity index (χ0v) is 11.8. The zero-order valence-electron chi connectivity index (χ0n) is 11.0. The second-order valence-electron chi connectivity index (χ2n) is 4.38. The highest BCUT2D eigenvalue weighted by Crippen LogP contribution is 2.36. The third-order valence-corrected chi connectivity index (χ3v) is 2.93. The summed E-state index contributed by atoms with van der Waals surface area (Å²) in [5.41, 5.74) is 0.827. The maximum absolute atomic E-state index is 13.8. The average Bonchev–Trinajstić information content (AvgIpc) is 2.73. The Morgan fingerprint density at radius 1 is 1.42 bits per heavy atom. The topological polar surface area (TPSA) is 35.3 Å². The molecule has 0 unspecified atom stereocenters. The second kappa shape index (κ2) is 5.61. The zero-order chi connectivity index (χ0) is 14.0. The minimum atomic E-state index is -0.466. The first-order valence-electron chi connectivity index (χ1n) is 6.12. The Hall–Kier alpha value is -1.55. The normalized spacial score (nSPS) is 11.1. The summed E-state index contributed by atoms with van der Waals surface area (Å²) in [6, 6.07) is 4.46. The SMILES string of the molecule is CCOc1oc(-c2c(F)cccc2Cl)nc1C(C)C. The van der Waals surface area contributed by atoms with Gasteiger partial charge in [-0.2, -0.15) is 0 Å². The van der Waals surface area contributed by atoms with E-state index >= 15 is 0 Å². The van der Waals surface area contributed by atoms with E-state index in [1.165, 1.54) is 12.1 Å². The summed E-state index contributed by atoms with van der Waals surface area (Å²) in [6.07, 6.45) is 0. The van der Waals surface area contributed by atoms with Crippen LogP contribution < -0.4 is 4.74 Å². The number of nitrogens with zero attached hydrogens (tertiary/aromatic N) is 1. The van der Waals surface area contributed by atoms with Crippen LogP contribution in [0.25, 0.3) is 11.5 Å². The van der Waals surface area contributed by atoms with Crippen LogP contribution in [0.2, 0.25) is 5.02 Å². The van der Waals surface area contributed by atoms with Gasteiger partial charge in [0.15, 0.2) is 0 Å². The summed E-state index contributed by atoms with van der Waals surface area (Å²) < 4.78 is 24.7. The highest BCUT2D eigenvalue weighted by atomic mass is 35.5. The van der Waals surface area contributed by atoms with Gasteiger partial charge < -0.3 is 9.15 Å². The van der Waals surface area contributed by atoms with Gasteiger partial charge in [-0.25, -0.2) is 9.37 Å². The van der Waals surface area contributed by atoms with Crippen LogP contribution in [0, 0.1) is 5.82 Å². The van der Waals surface area contributed by atoms with E-state index in [2.05, 4.69) is 4.98 Å². The van der Waals surface area contributed by atoms with Gasteiger partial charge in [-0.3, -0.25) is 0 Å². The highest BCUT2D eigenvalue weighted by molar-refractivity contribution is 6.33.